The van der Waals surface area contributed by atoms with Crippen LogP contribution in [0.2, 0.25) is 0 Å². The van der Waals surface area contributed by atoms with E-state index in [-0.39, 0.29) is 5.70 Å². The van der Waals surface area contributed by atoms with Gasteiger partial charge >= 0.3 is 11.9 Å². The molecular weight excluding hydrogens is 270 g/mol. The third-order valence-corrected chi connectivity index (χ3v) is 2.72. The standard InChI is InChI=1S/C16H21NO4/c1-11(2)8-12-6-5-7-13(9-12)17-14(16(19)21-4)10-15(18)20-3/h5-7,9-11,17H,8H2,1-4H3/b14-10+. The van der Waals surface area contributed by atoms with Gasteiger partial charge in [0.1, 0.15) is 5.70 Å². The molecule has 0 aromatic heterocycles. The molecule has 114 valence electrons. The molecule has 0 heterocycles. The molecule has 0 aliphatic heterocycles. The summed E-state index contributed by atoms with van der Waals surface area (Å²) in [4.78, 5) is 23.0. The zero-order valence-corrected chi connectivity index (χ0v) is 12.8. The van der Waals surface area contributed by atoms with E-state index in [0.29, 0.717) is 11.6 Å². The number of carbonyl (C=O) groups is 2. The number of nitrogens with one attached hydrogen (secondary N) is 1. The predicted octanol–water partition coefficient (Wildman–Crippen LogP) is 2.53. The summed E-state index contributed by atoms with van der Waals surface area (Å²) >= 11 is 0. The van der Waals surface area contributed by atoms with E-state index >= 15 is 0 Å². The lowest BCUT2D eigenvalue weighted by atomic mass is 10.0. The summed E-state index contributed by atoms with van der Waals surface area (Å²) in [5.74, 6) is -0.721. The second kappa shape index (κ2) is 8.09. The highest BCUT2D eigenvalue weighted by molar-refractivity contribution is 5.98. The highest BCUT2D eigenvalue weighted by atomic mass is 16.5. The van der Waals surface area contributed by atoms with Gasteiger partial charge in [-0.15, -0.1) is 0 Å². The average Bonchev–Trinajstić information content (AvgIpc) is 2.45. The number of esters is 2. The maximum absolute atomic E-state index is 11.7. The van der Waals surface area contributed by atoms with Gasteiger partial charge in [-0.05, 0) is 30.0 Å². The van der Waals surface area contributed by atoms with Crippen molar-refractivity contribution >= 4 is 17.6 Å². The lowest BCUT2D eigenvalue weighted by Crippen LogP contribution is -2.15. The smallest absolute Gasteiger partial charge is 0.354 e. The van der Waals surface area contributed by atoms with Crippen molar-refractivity contribution in [3.8, 4) is 0 Å². The minimum Gasteiger partial charge on any atom is -0.466 e. The maximum atomic E-state index is 11.7. The SMILES string of the molecule is COC(=O)/C=C(/Nc1cccc(CC(C)C)c1)C(=O)OC. The number of hydrogen-bond donors (Lipinski definition) is 1. The van der Waals surface area contributed by atoms with Crippen LogP contribution in [-0.2, 0) is 25.5 Å². The van der Waals surface area contributed by atoms with Gasteiger partial charge in [0.2, 0.25) is 0 Å². The van der Waals surface area contributed by atoms with Crippen LogP contribution >= 0.6 is 0 Å². The summed E-state index contributed by atoms with van der Waals surface area (Å²) < 4.78 is 9.17. The minimum absolute atomic E-state index is 0.0334. The Labute approximate surface area is 124 Å². The van der Waals surface area contributed by atoms with Gasteiger partial charge in [-0.25, -0.2) is 9.59 Å². The summed E-state index contributed by atoms with van der Waals surface area (Å²) in [5.41, 5.74) is 1.90. The van der Waals surface area contributed by atoms with Gasteiger partial charge in [0.25, 0.3) is 0 Å². The highest BCUT2D eigenvalue weighted by Gasteiger charge is 2.13. The number of anilines is 1. The molecule has 0 amide bonds. The van der Waals surface area contributed by atoms with E-state index in [1.54, 1.807) is 0 Å². The van der Waals surface area contributed by atoms with Gasteiger partial charge in [0, 0.05) is 5.69 Å². The topological polar surface area (TPSA) is 64.6 Å². The Morgan fingerprint density at radius 3 is 2.52 bits per heavy atom. The third kappa shape index (κ3) is 5.69. The van der Waals surface area contributed by atoms with Crippen LogP contribution in [0.5, 0.6) is 0 Å². The molecule has 21 heavy (non-hydrogen) atoms. The normalized spacial score (nSPS) is 11.2. The van der Waals surface area contributed by atoms with Crippen molar-refractivity contribution < 1.29 is 19.1 Å². The van der Waals surface area contributed by atoms with Crippen LogP contribution in [0.25, 0.3) is 0 Å². The number of hydrogen-bond acceptors (Lipinski definition) is 5. The van der Waals surface area contributed by atoms with E-state index in [1.807, 2.05) is 24.3 Å². The molecule has 0 spiro atoms. The molecule has 1 rings (SSSR count). The quantitative estimate of drug-likeness (QED) is 0.644. The summed E-state index contributed by atoms with van der Waals surface area (Å²) in [7, 11) is 2.50. The summed E-state index contributed by atoms with van der Waals surface area (Å²) in [6.45, 7) is 4.27. The molecule has 5 nitrogen and oxygen atoms in total. The maximum Gasteiger partial charge on any atom is 0.354 e. The molecule has 1 aromatic carbocycles. The second-order valence-electron chi connectivity index (χ2n) is 5.00. The molecule has 0 saturated heterocycles. The Kier molecular flexibility index (Phi) is 6.46. The van der Waals surface area contributed by atoms with Gasteiger partial charge in [0.15, 0.2) is 0 Å². The average molecular weight is 291 g/mol. The number of ether oxygens (including phenoxy) is 2. The van der Waals surface area contributed by atoms with E-state index in [4.69, 9.17) is 0 Å². The third-order valence-electron chi connectivity index (χ3n) is 2.72. The van der Waals surface area contributed by atoms with Gasteiger partial charge in [-0.1, -0.05) is 26.0 Å². The Balaban J connectivity index is 2.96. The van der Waals surface area contributed by atoms with E-state index in [2.05, 4.69) is 28.6 Å². The van der Waals surface area contributed by atoms with Crippen molar-refractivity contribution in [2.24, 2.45) is 5.92 Å². The van der Waals surface area contributed by atoms with Crippen LogP contribution in [0.1, 0.15) is 19.4 Å². The van der Waals surface area contributed by atoms with E-state index in [0.717, 1.165) is 18.1 Å². The Morgan fingerprint density at radius 2 is 1.95 bits per heavy atom. The van der Waals surface area contributed by atoms with Crippen molar-refractivity contribution in [3.63, 3.8) is 0 Å². The van der Waals surface area contributed by atoms with Crippen molar-refractivity contribution in [1.82, 2.24) is 0 Å². The van der Waals surface area contributed by atoms with E-state index in [1.165, 1.54) is 14.2 Å². The van der Waals surface area contributed by atoms with Gasteiger partial charge in [-0.2, -0.15) is 0 Å². The van der Waals surface area contributed by atoms with Gasteiger partial charge in [0.05, 0.1) is 20.3 Å². The summed E-state index contributed by atoms with van der Waals surface area (Å²) in [5, 5.41) is 2.89. The number of methoxy groups -OCH3 is 2. The first-order chi connectivity index (χ1) is 9.96. The second-order valence-corrected chi connectivity index (χ2v) is 5.00. The van der Waals surface area contributed by atoms with Crippen LogP contribution in [0.15, 0.2) is 36.0 Å². The van der Waals surface area contributed by atoms with Crippen LogP contribution in [-0.4, -0.2) is 26.2 Å². The molecule has 1 N–H and O–H groups in total. The van der Waals surface area contributed by atoms with Crippen molar-refractivity contribution in [1.29, 1.82) is 0 Å². The van der Waals surface area contributed by atoms with Crippen molar-refractivity contribution in [2.45, 2.75) is 20.3 Å². The van der Waals surface area contributed by atoms with Crippen molar-refractivity contribution in [2.75, 3.05) is 19.5 Å². The largest absolute Gasteiger partial charge is 0.466 e. The first kappa shape index (κ1) is 16.8. The Hall–Kier alpha value is -2.30. The summed E-state index contributed by atoms with van der Waals surface area (Å²) in [6.07, 6.45) is 2.00. The van der Waals surface area contributed by atoms with Crippen molar-refractivity contribution in [3.05, 3.63) is 41.6 Å². The molecule has 0 aliphatic carbocycles. The molecule has 0 radical (unpaired) electrons. The fourth-order valence-corrected chi connectivity index (χ4v) is 1.84. The van der Waals surface area contributed by atoms with Gasteiger partial charge in [-0.3, -0.25) is 0 Å². The molecular formula is C16H21NO4. The predicted molar refractivity (Wildman–Crippen MR) is 80.7 cm³/mol. The van der Waals surface area contributed by atoms with Crippen LogP contribution in [0, 0.1) is 5.92 Å². The van der Waals surface area contributed by atoms with Crippen LogP contribution in [0.4, 0.5) is 5.69 Å². The van der Waals surface area contributed by atoms with Crippen LogP contribution in [0.3, 0.4) is 0 Å². The molecule has 1 aromatic rings. The number of carbonyl (C=O) groups excluding carboxylic acids is 2. The zero-order chi connectivity index (χ0) is 15.8. The Bertz CT molecular complexity index is 535. The molecule has 5 heteroatoms. The van der Waals surface area contributed by atoms with Crippen LogP contribution < -0.4 is 5.32 Å². The number of rotatable bonds is 6. The highest BCUT2D eigenvalue weighted by Crippen LogP contribution is 2.16. The molecule has 0 unspecified atom stereocenters. The number of benzene rings is 1. The fourth-order valence-electron chi connectivity index (χ4n) is 1.84. The minimum atomic E-state index is -0.630. The lowest BCUT2D eigenvalue weighted by Gasteiger charge is -2.11. The molecule has 0 saturated carbocycles. The van der Waals surface area contributed by atoms with E-state index < -0.39 is 11.9 Å². The first-order valence-electron chi connectivity index (χ1n) is 6.70. The molecule has 0 atom stereocenters. The molecule has 0 fully saturated rings. The lowest BCUT2D eigenvalue weighted by molar-refractivity contribution is -0.138. The van der Waals surface area contributed by atoms with Gasteiger partial charge < -0.3 is 14.8 Å². The Morgan fingerprint density at radius 1 is 1.24 bits per heavy atom. The monoisotopic (exact) mass is 291 g/mol. The zero-order valence-electron chi connectivity index (χ0n) is 12.8. The summed E-state index contributed by atoms with van der Waals surface area (Å²) in [6, 6.07) is 7.67. The first-order valence-corrected chi connectivity index (χ1v) is 6.70. The fraction of sp³-hybridized carbons (Fsp3) is 0.375. The molecule has 0 bridgehead atoms. The molecule has 0 aliphatic rings. The van der Waals surface area contributed by atoms with E-state index in [9.17, 15) is 9.59 Å².